The standard InChI is InChI=1S/C13H25NO3/c1-5-8-14(9-10(4)13(16)17)12(15)11(6-2)7-3/h10-11H,5-9H2,1-4H3,(H,16,17). The largest absolute Gasteiger partial charge is 0.481 e. The Morgan fingerprint density at radius 2 is 1.71 bits per heavy atom. The number of carbonyl (C=O) groups excluding carboxylic acids is 1. The maximum absolute atomic E-state index is 12.2. The molecule has 0 radical (unpaired) electrons. The summed E-state index contributed by atoms with van der Waals surface area (Å²) in [4.78, 5) is 24.7. The molecule has 0 aromatic carbocycles. The van der Waals surface area contributed by atoms with E-state index in [1.54, 1.807) is 11.8 Å². The number of hydrogen-bond acceptors (Lipinski definition) is 2. The van der Waals surface area contributed by atoms with Gasteiger partial charge >= 0.3 is 5.97 Å². The molecule has 100 valence electrons. The molecule has 0 bridgehead atoms. The molecule has 0 aliphatic heterocycles. The molecule has 0 spiro atoms. The molecule has 0 saturated carbocycles. The molecule has 0 aromatic rings. The van der Waals surface area contributed by atoms with Crippen LogP contribution in [0.2, 0.25) is 0 Å². The van der Waals surface area contributed by atoms with Gasteiger partial charge in [0.25, 0.3) is 0 Å². The SMILES string of the molecule is CCCN(CC(C)C(=O)O)C(=O)C(CC)CC. The van der Waals surface area contributed by atoms with Crippen molar-refractivity contribution >= 4 is 11.9 Å². The highest BCUT2D eigenvalue weighted by Gasteiger charge is 2.24. The van der Waals surface area contributed by atoms with Crippen LogP contribution in [-0.4, -0.2) is 35.0 Å². The molecule has 1 amide bonds. The molecule has 17 heavy (non-hydrogen) atoms. The lowest BCUT2D eigenvalue weighted by atomic mass is 10.0. The minimum atomic E-state index is -0.844. The van der Waals surface area contributed by atoms with Crippen LogP contribution in [-0.2, 0) is 9.59 Å². The van der Waals surface area contributed by atoms with E-state index >= 15 is 0 Å². The summed E-state index contributed by atoms with van der Waals surface area (Å²) in [5, 5.41) is 8.90. The summed E-state index contributed by atoms with van der Waals surface area (Å²) < 4.78 is 0. The van der Waals surface area contributed by atoms with Gasteiger partial charge in [0.05, 0.1) is 5.92 Å². The lowest BCUT2D eigenvalue weighted by molar-refractivity contribution is -0.144. The number of carboxylic acids is 1. The molecule has 0 rings (SSSR count). The summed E-state index contributed by atoms with van der Waals surface area (Å²) >= 11 is 0. The van der Waals surface area contributed by atoms with E-state index in [0.29, 0.717) is 13.1 Å². The Morgan fingerprint density at radius 3 is 2.06 bits per heavy atom. The van der Waals surface area contributed by atoms with Crippen LogP contribution in [0.4, 0.5) is 0 Å². The first-order chi connectivity index (χ1) is 7.97. The predicted molar refractivity (Wildman–Crippen MR) is 67.7 cm³/mol. The van der Waals surface area contributed by atoms with Crippen molar-refractivity contribution in [2.45, 2.75) is 47.0 Å². The Morgan fingerprint density at radius 1 is 1.18 bits per heavy atom. The van der Waals surface area contributed by atoms with Crippen molar-refractivity contribution in [1.82, 2.24) is 4.90 Å². The van der Waals surface area contributed by atoms with Gasteiger partial charge in [0, 0.05) is 19.0 Å². The monoisotopic (exact) mass is 243 g/mol. The fraction of sp³-hybridized carbons (Fsp3) is 0.846. The Bertz CT molecular complexity index is 249. The predicted octanol–water partition coefficient (Wildman–Crippen LogP) is 2.38. The number of carbonyl (C=O) groups is 2. The third-order valence-electron chi connectivity index (χ3n) is 3.06. The summed E-state index contributed by atoms with van der Waals surface area (Å²) in [6.07, 6.45) is 2.49. The summed E-state index contributed by atoms with van der Waals surface area (Å²) in [6.45, 7) is 8.60. The van der Waals surface area contributed by atoms with Gasteiger partial charge in [0.2, 0.25) is 5.91 Å². The number of amides is 1. The van der Waals surface area contributed by atoms with Gasteiger partial charge in [-0.2, -0.15) is 0 Å². The quantitative estimate of drug-likeness (QED) is 0.712. The maximum Gasteiger partial charge on any atom is 0.308 e. The first kappa shape index (κ1) is 15.9. The molecule has 0 aliphatic carbocycles. The van der Waals surface area contributed by atoms with Gasteiger partial charge in [0.15, 0.2) is 0 Å². The van der Waals surface area contributed by atoms with Crippen LogP contribution < -0.4 is 0 Å². The van der Waals surface area contributed by atoms with E-state index in [9.17, 15) is 9.59 Å². The molecule has 1 atom stereocenters. The van der Waals surface area contributed by atoms with Crippen molar-refractivity contribution in [3.63, 3.8) is 0 Å². The smallest absolute Gasteiger partial charge is 0.308 e. The van der Waals surface area contributed by atoms with Crippen molar-refractivity contribution in [3.05, 3.63) is 0 Å². The Labute approximate surface area is 104 Å². The van der Waals surface area contributed by atoms with Gasteiger partial charge in [-0.25, -0.2) is 0 Å². The topological polar surface area (TPSA) is 57.6 Å². The van der Waals surface area contributed by atoms with E-state index in [4.69, 9.17) is 5.11 Å². The number of hydrogen-bond donors (Lipinski definition) is 1. The molecule has 0 fully saturated rings. The lowest BCUT2D eigenvalue weighted by Gasteiger charge is -2.27. The zero-order chi connectivity index (χ0) is 13.4. The summed E-state index contributed by atoms with van der Waals surface area (Å²) in [5.74, 6) is -1.21. The third-order valence-corrected chi connectivity index (χ3v) is 3.06. The van der Waals surface area contributed by atoms with Crippen molar-refractivity contribution < 1.29 is 14.7 Å². The van der Waals surface area contributed by atoms with E-state index in [0.717, 1.165) is 19.3 Å². The summed E-state index contributed by atoms with van der Waals surface area (Å²) in [6, 6.07) is 0. The molecule has 0 aliphatic rings. The Balaban J connectivity index is 4.60. The van der Waals surface area contributed by atoms with Crippen molar-refractivity contribution in [1.29, 1.82) is 0 Å². The zero-order valence-electron chi connectivity index (χ0n) is 11.4. The van der Waals surface area contributed by atoms with Crippen LogP contribution in [0.1, 0.15) is 47.0 Å². The van der Waals surface area contributed by atoms with Crippen LogP contribution in [0, 0.1) is 11.8 Å². The second-order valence-corrected chi connectivity index (χ2v) is 4.54. The highest BCUT2D eigenvalue weighted by atomic mass is 16.4. The van der Waals surface area contributed by atoms with Crippen LogP contribution >= 0.6 is 0 Å². The maximum atomic E-state index is 12.2. The van der Waals surface area contributed by atoms with Crippen LogP contribution in [0.3, 0.4) is 0 Å². The fourth-order valence-electron chi connectivity index (χ4n) is 1.87. The van der Waals surface area contributed by atoms with E-state index in [1.165, 1.54) is 0 Å². The van der Waals surface area contributed by atoms with E-state index < -0.39 is 11.9 Å². The molecule has 1 unspecified atom stereocenters. The van der Waals surface area contributed by atoms with Crippen LogP contribution in [0.5, 0.6) is 0 Å². The number of nitrogens with zero attached hydrogens (tertiary/aromatic N) is 1. The molecular weight excluding hydrogens is 218 g/mol. The minimum absolute atomic E-state index is 0.0301. The highest BCUT2D eigenvalue weighted by molar-refractivity contribution is 5.79. The second-order valence-electron chi connectivity index (χ2n) is 4.54. The van der Waals surface area contributed by atoms with Crippen molar-refractivity contribution in [2.75, 3.05) is 13.1 Å². The normalized spacial score (nSPS) is 12.5. The number of aliphatic carboxylic acids is 1. The van der Waals surface area contributed by atoms with Gasteiger partial charge < -0.3 is 10.0 Å². The van der Waals surface area contributed by atoms with E-state index in [1.807, 2.05) is 20.8 Å². The molecule has 0 heterocycles. The molecule has 0 saturated heterocycles. The molecular formula is C13H25NO3. The minimum Gasteiger partial charge on any atom is -0.481 e. The van der Waals surface area contributed by atoms with Gasteiger partial charge in [-0.3, -0.25) is 9.59 Å². The van der Waals surface area contributed by atoms with Gasteiger partial charge in [0.1, 0.15) is 0 Å². The van der Waals surface area contributed by atoms with E-state index in [-0.39, 0.29) is 11.8 Å². The number of carboxylic acid groups (broad SMARTS) is 1. The van der Waals surface area contributed by atoms with Gasteiger partial charge in [-0.15, -0.1) is 0 Å². The van der Waals surface area contributed by atoms with Crippen LogP contribution in [0.25, 0.3) is 0 Å². The van der Waals surface area contributed by atoms with E-state index in [2.05, 4.69) is 0 Å². The average molecular weight is 243 g/mol. The van der Waals surface area contributed by atoms with Crippen LogP contribution in [0.15, 0.2) is 0 Å². The molecule has 0 aromatic heterocycles. The summed E-state index contributed by atoms with van der Waals surface area (Å²) in [5.41, 5.74) is 0. The third kappa shape index (κ3) is 5.20. The first-order valence-corrected chi connectivity index (χ1v) is 6.49. The summed E-state index contributed by atoms with van der Waals surface area (Å²) in [7, 11) is 0. The Hall–Kier alpha value is -1.06. The average Bonchev–Trinajstić information content (AvgIpc) is 2.29. The highest BCUT2D eigenvalue weighted by Crippen LogP contribution is 2.14. The molecule has 4 nitrogen and oxygen atoms in total. The fourth-order valence-corrected chi connectivity index (χ4v) is 1.87. The Kier molecular flexibility index (Phi) is 7.59. The molecule has 1 N–H and O–H groups in total. The first-order valence-electron chi connectivity index (χ1n) is 6.49. The second kappa shape index (κ2) is 8.09. The van der Waals surface area contributed by atoms with Gasteiger partial charge in [-0.1, -0.05) is 27.7 Å². The number of rotatable bonds is 8. The van der Waals surface area contributed by atoms with Crippen molar-refractivity contribution in [3.8, 4) is 0 Å². The van der Waals surface area contributed by atoms with Gasteiger partial charge in [-0.05, 0) is 19.3 Å². The molecule has 4 heteroatoms. The van der Waals surface area contributed by atoms with Crippen molar-refractivity contribution in [2.24, 2.45) is 11.8 Å². The lowest BCUT2D eigenvalue weighted by Crippen LogP contribution is -2.40. The zero-order valence-corrected chi connectivity index (χ0v) is 11.4.